The molecular weight excluding hydrogens is 304 g/mol. The third-order valence-electron chi connectivity index (χ3n) is 4.58. The lowest BCUT2D eigenvalue weighted by molar-refractivity contribution is -0.116. The van der Waals surface area contributed by atoms with E-state index in [-0.39, 0.29) is 18.4 Å². The number of aliphatic hydroxyl groups is 1. The van der Waals surface area contributed by atoms with Crippen molar-refractivity contribution < 1.29 is 14.6 Å². The fourth-order valence-electron chi connectivity index (χ4n) is 3.33. The minimum absolute atomic E-state index is 0.0497. The molecule has 0 spiro atoms. The van der Waals surface area contributed by atoms with Crippen molar-refractivity contribution in [3.63, 3.8) is 0 Å². The Labute approximate surface area is 141 Å². The number of nitrogens with one attached hydrogen (secondary N) is 1. The molecule has 1 aromatic carbocycles. The van der Waals surface area contributed by atoms with Gasteiger partial charge in [0.2, 0.25) is 5.91 Å². The molecule has 2 aromatic rings. The summed E-state index contributed by atoms with van der Waals surface area (Å²) in [7, 11) is 1.67. The van der Waals surface area contributed by atoms with E-state index in [0.29, 0.717) is 17.7 Å². The number of benzene rings is 1. The van der Waals surface area contributed by atoms with E-state index in [0.717, 1.165) is 25.0 Å². The molecule has 1 atom stereocenters. The molecule has 0 fully saturated rings. The number of amides is 1. The van der Waals surface area contributed by atoms with Crippen LogP contribution in [0.4, 0.5) is 5.69 Å². The number of aliphatic hydroxyl groups excluding tert-OH is 1. The Morgan fingerprint density at radius 2 is 2.29 bits per heavy atom. The van der Waals surface area contributed by atoms with Crippen molar-refractivity contribution in [2.24, 2.45) is 0 Å². The van der Waals surface area contributed by atoms with Crippen LogP contribution in [0.15, 0.2) is 36.7 Å². The molecule has 1 heterocycles. The third-order valence-corrected chi connectivity index (χ3v) is 4.58. The van der Waals surface area contributed by atoms with Gasteiger partial charge >= 0.3 is 0 Å². The normalized spacial score (nSPS) is 16.3. The Bertz CT molecular complexity index is 730. The molecule has 5 heteroatoms. The molecule has 1 aromatic heterocycles. The standard InChI is InChI=1S/C19H22N2O3/c1-24-16-5-6-17-13(9-16)3-2-4-14(17)10-19(23)21-18-11-20-8-7-15(18)12-22/h5-9,11,14,22H,2-4,10,12H2,1H3,(H,21,23). The fourth-order valence-corrected chi connectivity index (χ4v) is 3.33. The van der Waals surface area contributed by atoms with Crippen LogP contribution < -0.4 is 10.1 Å². The highest BCUT2D eigenvalue weighted by atomic mass is 16.5. The molecule has 0 bridgehead atoms. The van der Waals surface area contributed by atoms with Crippen LogP contribution in [-0.4, -0.2) is 23.1 Å². The number of fused-ring (bicyclic) bond motifs is 1. The van der Waals surface area contributed by atoms with Crippen LogP contribution in [0.3, 0.4) is 0 Å². The van der Waals surface area contributed by atoms with Crippen LogP contribution >= 0.6 is 0 Å². The minimum Gasteiger partial charge on any atom is -0.497 e. The maximum atomic E-state index is 12.4. The highest BCUT2D eigenvalue weighted by molar-refractivity contribution is 5.91. The van der Waals surface area contributed by atoms with Crippen molar-refractivity contribution in [3.05, 3.63) is 53.3 Å². The second kappa shape index (κ2) is 7.45. The smallest absolute Gasteiger partial charge is 0.225 e. The molecule has 1 amide bonds. The van der Waals surface area contributed by atoms with Gasteiger partial charge in [0.1, 0.15) is 5.75 Å². The van der Waals surface area contributed by atoms with E-state index >= 15 is 0 Å². The number of anilines is 1. The molecular formula is C19H22N2O3. The zero-order valence-corrected chi connectivity index (χ0v) is 13.8. The summed E-state index contributed by atoms with van der Waals surface area (Å²) in [5, 5.41) is 12.2. The predicted molar refractivity (Wildman–Crippen MR) is 92.1 cm³/mol. The number of carbonyl (C=O) groups excluding carboxylic acids is 1. The van der Waals surface area contributed by atoms with Crippen LogP contribution in [0.25, 0.3) is 0 Å². The first-order valence-corrected chi connectivity index (χ1v) is 8.21. The average Bonchev–Trinajstić information content (AvgIpc) is 2.62. The number of hydrogen-bond donors (Lipinski definition) is 2. The summed E-state index contributed by atoms with van der Waals surface area (Å²) in [6.45, 7) is -0.121. The van der Waals surface area contributed by atoms with Gasteiger partial charge in [-0.3, -0.25) is 9.78 Å². The number of nitrogens with zero attached hydrogens (tertiary/aromatic N) is 1. The molecule has 1 aliphatic rings. The maximum Gasteiger partial charge on any atom is 0.225 e. The Morgan fingerprint density at radius 1 is 1.42 bits per heavy atom. The number of hydrogen-bond acceptors (Lipinski definition) is 4. The van der Waals surface area contributed by atoms with E-state index in [1.165, 1.54) is 11.1 Å². The Morgan fingerprint density at radius 3 is 3.08 bits per heavy atom. The molecule has 0 saturated carbocycles. The highest BCUT2D eigenvalue weighted by Gasteiger charge is 2.23. The average molecular weight is 326 g/mol. The van der Waals surface area contributed by atoms with E-state index in [1.54, 1.807) is 25.6 Å². The topological polar surface area (TPSA) is 71.5 Å². The molecule has 24 heavy (non-hydrogen) atoms. The SMILES string of the molecule is COc1ccc2c(c1)CCCC2CC(=O)Nc1cnccc1CO. The number of pyridine rings is 1. The van der Waals surface area contributed by atoms with Gasteiger partial charge in [-0.05, 0) is 54.5 Å². The molecule has 0 saturated heterocycles. The first-order chi connectivity index (χ1) is 11.7. The summed E-state index contributed by atoms with van der Waals surface area (Å²) in [6.07, 6.45) is 6.72. The van der Waals surface area contributed by atoms with Crippen LogP contribution in [0, 0.1) is 0 Å². The van der Waals surface area contributed by atoms with Crippen molar-refractivity contribution in [1.82, 2.24) is 4.98 Å². The quantitative estimate of drug-likeness (QED) is 0.886. The zero-order chi connectivity index (χ0) is 16.9. The first-order valence-electron chi connectivity index (χ1n) is 8.21. The van der Waals surface area contributed by atoms with E-state index in [9.17, 15) is 9.90 Å². The Balaban J connectivity index is 1.72. The number of aryl methyl sites for hydroxylation is 1. The van der Waals surface area contributed by atoms with Gasteiger partial charge in [-0.1, -0.05) is 6.07 Å². The van der Waals surface area contributed by atoms with E-state index in [4.69, 9.17) is 4.74 Å². The molecule has 5 nitrogen and oxygen atoms in total. The molecule has 1 aliphatic carbocycles. The third kappa shape index (κ3) is 3.57. The molecule has 0 aliphatic heterocycles. The molecule has 0 radical (unpaired) electrons. The molecule has 3 rings (SSSR count). The van der Waals surface area contributed by atoms with Crippen LogP contribution in [-0.2, 0) is 17.8 Å². The summed E-state index contributed by atoms with van der Waals surface area (Å²) in [6, 6.07) is 7.82. The number of rotatable bonds is 5. The summed E-state index contributed by atoms with van der Waals surface area (Å²) in [5.41, 5.74) is 3.77. The predicted octanol–water partition coefficient (Wildman–Crippen LogP) is 3.03. The number of carbonyl (C=O) groups is 1. The summed E-state index contributed by atoms with van der Waals surface area (Å²) >= 11 is 0. The second-order valence-corrected chi connectivity index (χ2v) is 6.10. The van der Waals surface area contributed by atoms with Gasteiger partial charge in [-0.15, -0.1) is 0 Å². The fraction of sp³-hybridized carbons (Fsp3) is 0.368. The van der Waals surface area contributed by atoms with Crippen LogP contribution in [0.5, 0.6) is 5.75 Å². The van der Waals surface area contributed by atoms with Gasteiger partial charge in [0.25, 0.3) is 0 Å². The van der Waals surface area contributed by atoms with Crippen molar-refractivity contribution in [3.8, 4) is 5.75 Å². The Hall–Kier alpha value is -2.40. The molecule has 126 valence electrons. The van der Waals surface area contributed by atoms with E-state index < -0.39 is 0 Å². The van der Waals surface area contributed by atoms with Gasteiger partial charge in [-0.25, -0.2) is 0 Å². The van der Waals surface area contributed by atoms with Gasteiger partial charge in [0, 0.05) is 18.2 Å². The minimum atomic E-state index is -0.121. The lowest BCUT2D eigenvalue weighted by Gasteiger charge is -2.25. The summed E-state index contributed by atoms with van der Waals surface area (Å²) in [4.78, 5) is 16.4. The summed E-state index contributed by atoms with van der Waals surface area (Å²) in [5.74, 6) is 1.03. The number of aromatic nitrogens is 1. The maximum absolute atomic E-state index is 12.4. The lowest BCUT2D eigenvalue weighted by Crippen LogP contribution is -2.19. The van der Waals surface area contributed by atoms with Gasteiger partial charge in [0.05, 0.1) is 25.6 Å². The van der Waals surface area contributed by atoms with Gasteiger partial charge in [-0.2, -0.15) is 0 Å². The van der Waals surface area contributed by atoms with Gasteiger partial charge in [0.15, 0.2) is 0 Å². The number of methoxy groups -OCH3 is 1. The largest absolute Gasteiger partial charge is 0.497 e. The molecule has 2 N–H and O–H groups in total. The monoisotopic (exact) mass is 326 g/mol. The van der Waals surface area contributed by atoms with Gasteiger partial charge < -0.3 is 15.2 Å². The van der Waals surface area contributed by atoms with Crippen LogP contribution in [0.1, 0.15) is 41.9 Å². The molecule has 1 unspecified atom stereocenters. The first kappa shape index (κ1) is 16.5. The van der Waals surface area contributed by atoms with Crippen molar-refractivity contribution >= 4 is 11.6 Å². The lowest BCUT2D eigenvalue weighted by atomic mass is 9.81. The second-order valence-electron chi connectivity index (χ2n) is 6.10. The van der Waals surface area contributed by atoms with Crippen molar-refractivity contribution in [2.75, 3.05) is 12.4 Å². The number of ether oxygens (including phenoxy) is 1. The van der Waals surface area contributed by atoms with Crippen molar-refractivity contribution in [2.45, 2.75) is 38.2 Å². The highest BCUT2D eigenvalue weighted by Crippen LogP contribution is 2.36. The summed E-state index contributed by atoms with van der Waals surface area (Å²) < 4.78 is 5.29. The van der Waals surface area contributed by atoms with E-state index in [2.05, 4.69) is 22.4 Å². The zero-order valence-electron chi connectivity index (χ0n) is 13.8. The van der Waals surface area contributed by atoms with E-state index in [1.807, 2.05) is 6.07 Å². The van der Waals surface area contributed by atoms with Crippen molar-refractivity contribution in [1.29, 1.82) is 0 Å². The Kier molecular flexibility index (Phi) is 5.11. The van der Waals surface area contributed by atoms with Crippen LogP contribution in [0.2, 0.25) is 0 Å².